The second kappa shape index (κ2) is 8.66. The zero-order chi connectivity index (χ0) is 16.8. The summed E-state index contributed by atoms with van der Waals surface area (Å²) in [5, 5.41) is 7.81. The SMILES string of the molecule is CCCCn1nc(C)c(C(=O)NC[C@H](C)N2CCOCC2)c1Cl. The van der Waals surface area contributed by atoms with Crippen molar-refractivity contribution in [2.24, 2.45) is 0 Å². The Morgan fingerprint density at radius 2 is 2.13 bits per heavy atom. The van der Waals surface area contributed by atoms with Crippen LogP contribution in [0.25, 0.3) is 0 Å². The maximum Gasteiger partial charge on any atom is 0.256 e. The molecule has 1 amide bonds. The number of amides is 1. The molecule has 1 aliphatic rings. The highest BCUT2D eigenvalue weighted by molar-refractivity contribution is 6.33. The quantitative estimate of drug-likeness (QED) is 0.824. The van der Waals surface area contributed by atoms with Crippen molar-refractivity contribution < 1.29 is 9.53 Å². The molecule has 0 radical (unpaired) electrons. The normalized spacial score (nSPS) is 17.2. The first-order valence-electron chi connectivity index (χ1n) is 8.37. The van der Waals surface area contributed by atoms with Crippen LogP contribution in [0.4, 0.5) is 0 Å². The lowest BCUT2D eigenvalue weighted by Gasteiger charge is -2.32. The molecular formula is C16H27ClN4O2. The van der Waals surface area contributed by atoms with Gasteiger partial charge < -0.3 is 10.1 Å². The topological polar surface area (TPSA) is 59.4 Å². The summed E-state index contributed by atoms with van der Waals surface area (Å²) >= 11 is 6.34. The zero-order valence-electron chi connectivity index (χ0n) is 14.3. The number of unbranched alkanes of at least 4 members (excludes halogenated alkanes) is 1. The molecule has 0 bridgehead atoms. The van der Waals surface area contributed by atoms with Crippen LogP contribution >= 0.6 is 11.6 Å². The number of hydrogen-bond donors (Lipinski definition) is 1. The molecule has 7 heteroatoms. The van der Waals surface area contributed by atoms with E-state index in [0.29, 0.717) is 23.0 Å². The number of ether oxygens (including phenoxy) is 1. The molecule has 0 saturated carbocycles. The number of aryl methyl sites for hydroxylation is 2. The van der Waals surface area contributed by atoms with Crippen molar-refractivity contribution in [3.8, 4) is 0 Å². The van der Waals surface area contributed by atoms with Crippen LogP contribution < -0.4 is 5.32 Å². The van der Waals surface area contributed by atoms with Gasteiger partial charge in [0.05, 0.1) is 24.5 Å². The molecule has 1 saturated heterocycles. The summed E-state index contributed by atoms with van der Waals surface area (Å²) < 4.78 is 7.08. The molecule has 1 aromatic heterocycles. The highest BCUT2D eigenvalue weighted by Crippen LogP contribution is 2.20. The van der Waals surface area contributed by atoms with Crippen LogP contribution in [-0.4, -0.2) is 59.5 Å². The van der Waals surface area contributed by atoms with Gasteiger partial charge in [-0.15, -0.1) is 0 Å². The summed E-state index contributed by atoms with van der Waals surface area (Å²) in [6, 6.07) is 0.275. The van der Waals surface area contributed by atoms with Crippen LogP contribution in [0.2, 0.25) is 5.15 Å². The lowest BCUT2D eigenvalue weighted by molar-refractivity contribution is 0.0204. The lowest BCUT2D eigenvalue weighted by Crippen LogP contribution is -2.47. The Hall–Kier alpha value is -1.11. The second-order valence-corrected chi connectivity index (χ2v) is 6.39. The van der Waals surface area contributed by atoms with E-state index in [9.17, 15) is 4.79 Å². The fourth-order valence-corrected chi connectivity index (χ4v) is 3.09. The van der Waals surface area contributed by atoms with Crippen molar-refractivity contribution >= 4 is 17.5 Å². The van der Waals surface area contributed by atoms with Crippen molar-refractivity contribution in [3.63, 3.8) is 0 Å². The van der Waals surface area contributed by atoms with Gasteiger partial charge in [-0.3, -0.25) is 14.4 Å². The largest absolute Gasteiger partial charge is 0.379 e. The molecule has 1 aromatic rings. The predicted octanol–water partition coefficient (Wildman–Crippen LogP) is 2.10. The number of aromatic nitrogens is 2. The summed E-state index contributed by atoms with van der Waals surface area (Å²) in [6.45, 7) is 10.7. The van der Waals surface area contributed by atoms with Crippen LogP contribution in [0, 0.1) is 6.92 Å². The number of hydrogen-bond acceptors (Lipinski definition) is 4. The molecule has 130 valence electrons. The summed E-state index contributed by atoms with van der Waals surface area (Å²) in [5.41, 5.74) is 1.18. The zero-order valence-corrected chi connectivity index (χ0v) is 15.0. The average molecular weight is 343 g/mol. The Kier molecular flexibility index (Phi) is 6.87. The maximum atomic E-state index is 12.5. The smallest absolute Gasteiger partial charge is 0.256 e. The fourth-order valence-electron chi connectivity index (χ4n) is 2.74. The summed E-state index contributed by atoms with van der Waals surface area (Å²) in [4.78, 5) is 14.8. The summed E-state index contributed by atoms with van der Waals surface area (Å²) in [7, 11) is 0. The van der Waals surface area contributed by atoms with Crippen LogP contribution in [0.5, 0.6) is 0 Å². The molecule has 23 heavy (non-hydrogen) atoms. The van der Waals surface area contributed by atoms with E-state index in [-0.39, 0.29) is 11.9 Å². The highest BCUT2D eigenvalue weighted by Gasteiger charge is 2.22. The van der Waals surface area contributed by atoms with Gasteiger partial charge in [0.25, 0.3) is 5.91 Å². The van der Waals surface area contributed by atoms with Gasteiger partial charge in [-0.2, -0.15) is 5.10 Å². The first kappa shape index (κ1) is 18.2. The Labute approximate surface area is 143 Å². The molecule has 1 aliphatic heterocycles. The molecule has 0 aliphatic carbocycles. The third-order valence-corrected chi connectivity index (χ3v) is 4.63. The van der Waals surface area contributed by atoms with E-state index < -0.39 is 0 Å². The fraction of sp³-hybridized carbons (Fsp3) is 0.750. The number of nitrogens with zero attached hydrogens (tertiary/aromatic N) is 3. The highest BCUT2D eigenvalue weighted by atomic mass is 35.5. The third-order valence-electron chi connectivity index (χ3n) is 4.24. The van der Waals surface area contributed by atoms with Gasteiger partial charge in [0.2, 0.25) is 0 Å². The van der Waals surface area contributed by atoms with Gasteiger partial charge >= 0.3 is 0 Å². The van der Waals surface area contributed by atoms with Crippen molar-refractivity contribution in [2.75, 3.05) is 32.8 Å². The molecule has 1 fully saturated rings. The van der Waals surface area contributed by atoms with E-state index in [1.165, 1.54) is 0 Å². The number of carbonyl (C=O) groups is 1. The van der Waals surface area contributed by atoms with Crippen molar-refractivity contribution in [1.82, 2.24) is 20.0 Å². The Morgan fingerprint density at radius 3 is 2.78 bits per heavy atom. The van der Waals surface area contributed by atoms with E-state index >= 15 is 0 Å². The first-order chi connectivity index (χ1) is 11.0. The maximum absolute atomic E-state index is 12.5. The van der Waals surface area contributed by atoms with Crippen LogP contribution in [0.3, 0.4) is 0 Å². The monoisotopic (exact) mass is 342 g/mol. The van der Waals surface area contributed by atoms with Crippen LogP contribution in [0.15, 0.2) is 0 Å². The number of morpholine rings is 1. The van der Waals surface area contributed by atoms with Crippen molar-refractivity contribution in [1.29, 1.82) is 0 Å². The Morgan fingerprint density at radius 1 is 1.43 bits per heavy atom. The molecule has 1 atom stereocenters. The Bertz CT molecular complexity index is 526. The molecular weight excluding hydrogens is 316 g/mol. The van der Waals surface area contributed by atoms with Gasteiger partial charge in [-0.1, -0.05) is 24.9 Å². The molecule has 2 heterocycles. The van der Waals surface area contributed by atoms with E-state index in [1.54, 1.807) is 4.68 Å². The molecule has 0 aromatic carbocycles. The summed E-state index contributed by atoms with van der Waals surface area (Å²) in [5.74, 6) is -0.143. The second-order valence-electron chi connectivity index (χ2n) is 6.04. The standard InChI is InChI=1S/C16H27ClN4O2/c1-4-5-6-21-15(17)14(13(3)19-21)16(22)18-11-12(2)20-7-9-23-10-8-20/h12H,4-11H2,1-3H3,(H,18,22)/t12-/m0/s1. The number of halogens is 1. The average Bonchev–Trinajstić information content (AvgIpc) is 2.85. The minimum atomic E-state index is -0.143. The minimum absolute atomic E-state index is 0.143. The van der Waals surface area contributed by atoms with Gasteiger partial charge in [0.15, 0.2) is 0 Å². The first-order valence-corrected chi connectivity index (χ1v) is 8.75. The molecule has 1 N–H and O–H groups in total. The van der Waals surface area contributed by atoms with Gasteiger partial charge in [-0.25, -0.2) is 0 Å². The van der Waals surface area contributed by atoms with E-state index in [1.807, 2.05) is 6.92 Å². The van der Waals surface area contributed by atoms with Crippen molar-refractivity contribution in [2.45, 2.75) is 46.2 Å². The van der Waals surface area contributed by atoms with E-state index in [2.05, 4.69) is 29.2 Å². The summed E-state index contributed by atoms with van der Waals surface area (Å²) in [6.07, 6.45) is 2.06. The minimum Gasteiger partial charge on any atom is -0.379 e. The molecule has 0 unspecified atom stereocenters. The Balaban J connectivity index is 1.93. The molecule has 0 spiro atoms. The van der Waals surface area contributed by atoms with Gasteiger partial charge in [-0.05, 0) is 20.3 Å². The molecule has 6 nitrogen and oxygen atoms in total. The van der Waals surface area contributed by atoms with Crippen LogP contribution in [0.1, 0.15) is 42.7 Å². The van der Waals surface area contributed by atoms with Crippen molar-refractivity contribution in [3.05, 3.63) is 16.4 Å². The van der Waals surface area contributed by atoms with E-state index in [4.69, 9.17) is 16.3 Å². The number of nitrogens with one attached hydrogen (secondary N) is 1. The number of carbonyl (C=O) groups excluding carboxylic acids is 1. The van der Waals surface area contributed by atoms with Crippen LogP contribution in [-0.2, 0) is 11.3 Å². The third kappa shape index (κ3) is 4.68. The molecule has 2 rings (SSSR count). The number of rotatable bonds is 7. The predicted molar refractivity (Wildman–Crippen MR) is 91.1 cm³/mol. The van der Waals surface area contributed by atoms with Gasteiger partial charge in [0, 0.05) is 32.2 Å². The van der Waals surface area contributed by atoms with E-state index in [0.717, 1.165) is 45.7 Å². The van der Waals surface area contributed by atoms with Gasteiger partial charge in [0.1, 0.15) is 5.15 Å². The lowest BCUT2D eigenvalue weighted by atomic mass is 10.2.